The second-order valence-corrected chi connectivity index (χ2v) is 6.97. The van der Waals surface area contributed by atoms with Crippen molar-refractivity contribution >= 4 is 17.6 Å². The van der Waals surface area contributed by atoms with Gasteiger partial charge in [-0.25, -0.2) is 4.79 Å². The van der Waals surface area contributed by atoms with Crippen molar-refractivity contribution in [2.45, 2.75) is 38.7 Å². The summed E-state index contributed by atoms with van der Waals surface area (Å²) in [7, 11) is 1.56. The molecule has 1 amide bonds. The van der Waals surface area contributed by atoms with Gasteiger partial charge in [0.15, 0.2) is 18.1 Å². The molecular formula is C23H27NO6. The van der Waals surface area contributed by atoms with Gasteiger partial charge in [0.05, 0.1) is 19.8 Å². The average Bonchev–Trinajstić information content (AvgIpc) is 3.26. The maximum absolute atomic E-state index is 12.7. The lowest BCUT2D eigenvalue weighted by molar-refractivity contribution is -0.145. The van der Waals surface area contributed by atoms with Crippen molar-refractivity contribution in [3.05, 3.63) is 48.0 Å². The second-order valence-electron chi connectivity index (χ2n) is 6.97. The number of benzene rings is 2. The molecule has 0 heterocycles. The minimum Gasteiger partial charge on any atom is -0.493 e. The van der Waals surface area contributed by atoms with E-state index in [1.54, 1.807) is 56.5 Å². The molecular weight excluding hydrogens is 386 g/mol. The molecule has 0 unspecified atom stereocenters. The molecule has 1 saturated carbocycles. The first-order chi connectivity index (χ1) is 14.6. The predicted molar refractivity (Wildman–Crippen MR) is 112 cm³/mol. The van der Waals surface area contributed by atoms with Crippen molar-refractivity contribution in [2.75, 3.05) is 25.6 Å². The number of methoxy groups -OCH3 is 1. The van der Waals surface area contributed by atoms with E-state index in [-0.39, 0.29) is 18.6 Å². The van der Waals surface area contributed by atoms with E-state index in [0.717, 1.165) is 12.8 Å². The number of hydrogen-bond donors (Lipinski definition) is 1. The summed E-state index contributed by atoms with van der Waals surface area (Å²) in [5.41, 5.74) is 0.995. The van der Waals surface area contributed by atoms with Crippen molar-refractivity contribution < 1.29 is 28.5 Å². The summed E-state index contributed by atoms with van der Waals surface area (Å²) in [5, 5.41) is 2.82. The highest BCUT2D eigenvalue weighted by Gasteiger charge is 2.19. The van der Waals surface area contributed by atoms with Crippen molar-refractivity contribution in [3.63, 3.8) is 0 Å². The van der Waals surface area contributed by atoms with Crippen LogP contribution in [0.2, 0.25) is 0 Å². The SMILES string of the molecule is CCOC(=O)COc1cccc(NC(=O)c2ccc(OC3CCCC3)c(OC)c2)c1. The third-order valence-corrected chi connectivity index (χ3v) is 4.78. The first-order valence-electron chi connectivity index (χ1n) is 10.1. The van der Waals surface area contributed by atoms with Gasteiger partial charge in [0, 0.05) is 17.3 Å². The lowest BCUT2D eigenvalue weighted by atomic mass is 10.1. The van der Waals surface area contributed by atoms with Crippen molar-refractivity contribution in [1.29, 1.82) is 0 Å². The molecule has 2 aromatic rings. The van der Waals surface area contributed by atoms with Crippen LogP contribution in [0.15, 0.2) is 42.5 Å². The van der Waals surface area contributed by atoms with Crippen LogP contribution in [0.5, 0.6) is 17.2 Å². The predicted octanol–water partition coefficient (Wildman–Crippen LogP) is 4.21. The molecule has 3 rings (SSSR count). The molecule has 160 valence electrons. The number of anilines is 1. The smallest absolute Gasteiger partial charge is 0.344 e. The Morgan fingerprint density at radius 1 is 1.07 bits per heavy atom. The Morgan fingerprint density at radius 2 is 1.87 bits per heavy atom. The van der Waals surface area contributed by atoms with Gasteiger partial charge in [-0.15, -0.1) is 0 Å². The molecule has 0 bridgehead atoms. The fourth-order valence-corrected chi connectivity index (χ4v) is 3.30. The van der Waals surface area contributed by atoms with Crippen LogP contribution >= 0.6 is 0 Å². The summed E-state index contributed by atoms with van der Waals surface area (Å²) in [6.07, 6.45) is 4.64. The van der Waals surface area contributed by atoms with Crippen LogP contribution in [0.3, 0.4) is 0 Å². The third-order valence-electron chi connectivity index (χ3n) is 4.78. The van der Waals surface area contributed by atoms with Crippen LogP contribution in [-0.4, -0.2) is 38.3 Å². The molecule has 1 aliphatic rings. The first-order valence-corrected chi connectivity index (χ1v) is 10.1. The molecule has 0 atom stereocenters. The molecule has 2 aromatic carbocycles. The van der Waals surface area contributed by atoms with E-state index >= 15 is 0 Å². The second kappa shape index (κ2) is 10.5. The average molecular weight is 413 g/mol. The third kappa shape index (κ3) is 5.89. The monoisotopic (exact) mass is 413 g/mol. The van der Waals surface area contributed by atoms with Crippen LogP contribution in [0.1, 0.15) is 43.0 Å². The molecule has 0 spiro atoms. The first kappa shape index (κ1) is 21.5. The van der Waals surface area contributed by atoms with Crippen LogP contribution in [-0.2, 0) is 9.53 Å². The number of amides is 1. The van der Waals surface area contributed by atoms with E-state index in [0.29, 0.717) is 35.1 Å². The molecule has 1 aliphatic carbocycles. The Kier molecular flexibility index (Phi) is 7.54. The summed E-state index contributed by atoms with van der Waals surface area (Å²) in [6, 6.07) is 12.0. The van der Waals surface area contributed by atoms with Gasteiger partial charge in [-0.3, -0.25) is 4.79 Å². The van der Waals surface area contributed by atoms with Crippen LogP contribution < -0.4 is 19.5 Å². The van der Waals surface area contributed by atoms with E-state index in [4.69, 9.17) is 18.9 Å². The van der Waals surface area contributed by atoms with Crippen molar-refractivity contribution in [2.24, 2.45) is 0 Å². The highest BCUT2D eigenvalue weighted by molar-refractivity contribution is 6.04. The fraction of sp³-hybridized carbons (Fsp3) is 0.391. The molecule has 0 radical (unpaired) electrons. The summed E-state index contributed by atoms with van der Waals surface area (Å²) in [6.45, 7) is 1.84. The van der Waals surface area contributed by atoms with E-state index in [2.05, 4.69) is 5.32 Å². The van der Waals surface area contributed by atoms with E-state index in [1.165, 1.54) is 12.8 Å². The Balaban J connectivity index is 1.63. The lowest BCUT2D eigenvalue weighted by Gasteiger charge is -2.16. The van der Waals surface area contributed by atoms with Crippen molar-refractivity contribution in [3.8, 4) is 17.2 Å². The molecule has 30 heavy (non-hydrogen) atoms. The van der Waals surface area contributed by atoms with Gasteiger partial charge in [0.25, 0.3) is 5.91 Å². The van der Waals surface area contributed by atoms with Gasteiger partial charge in [0.1, 0.15) is 5.75 Å². The van der Waals surface area contributed by atoms with E-state index in [9.17, 15) is 9.59 Å². The molecule has 1 N–H and O–H groups in total. The highest BCUT2D eigenvalue weighted by atomic mass is 16.6. The van der Waals surface area contributed by atoms with Gasteiger partial charge in [-0.1, -0.05) is 6.07 Å². The fourth-order valence-electron chi connectivity index (χ4n) is 3.30. The van der Waals surface area contributed by atoms with Crippen LogP contribution in [0.4, 0.5) is 5.69 Å². The maximum atomic E-state index is 12.7. The Bertz CT molecular complexity index is 876. The number of carbonyl (C=O) groups is 2. The summed E-state index contributed by atoms with van der Waals surface area (Å²) >= 11 is 0. The molecule has 0 aromatic heterocycles. The Labute approximate surface area is 176 Å². The largest absolute Gasteiger partial charge is 0.493 e. The zero-order valence-electron chi connectivity index (χ0n) is 17.3. The topological polar surface area (TPSA) is 83.1 Å². The number of carbonyl (C=O) groups excluding carboxylic acids is 2. The minimum atomic E-state index is -0.445. The number of rotatable bonds is 9. The number of esters is 1. The molecule has 7 nitrogen and oxygen atoms in total. The van der Waals surface area contributed by atoms with Gasteiger partial charge in [0.2, 0.25) is 0 Å². The number of hydrogen-bond acceptors (Lipinski definition) is 6. The zero-order valence-corrected chi connectivity index (χ0v) is 17.3. The van der Waals surface area contributed by atoms with Gasteiger partial charge in [-0.05, 0) is 62.9 Å². The lowest BCUT2D eigenvalue weighted by Crippen LogP contribution is -2.15. The molecule has 7 heteroatoms. The quantitative estimate of drug-likeness (QED) is 0.620. The van der Waals surface area contributed by atoms with Crippen LogP contribution in [0, 0.1) is 0 Å². The standard InChI is InChI=1S/C23H27NO6/c1-3-28-22(25)15-29-19-10-6-7-17(14-19)24-23(26)16-11-12-20(21(13-16)27-2)30-18-8-4-5-9-18/h6-7,10-14,18H,3-5,8-9,15H2,1-2H3,(H,24,26). The number of ether oxygens (including phenoxy) is 4. The van der Waals surface area contributed by atoms with Crippen molar-refractivity contribution in [1.82, 2.24) is 0 Å². The van der Waals surface area contributed by atoms with E-state index in [1.807, 2.05) is 0 Å². The molecule has 1 fully saturated rings. The van der Waals surface area contributed by atoms with Gasteiger partial charge in [-0.2, -0.15) is 0 Å². The minimum absolute atomic E-state index is 0.190. The highest BCUT2D eigenvalue weighted by Crippen LogP contribution is 2.32. The van der Waals surface area contributed by atoms with Gasteiger partial charge >= 0.3 is 5.97 Å². The Hall–Kier alpha value is -3.22. The number of nitrogens with one attached hydrogen (secondary N) is 1. The summed E-state index contributed by atoms with van der Waals surface area (Å²) < 4.78 is 21.7. The summed E-state index contributed by atoms with van der Waals surface area (Å²) in [5.74, 6) is 0.900. The van der Waals surface area contributed by atoms with E-state index < -0.39 is 5.97 Å². The Morgan fingerprint density at radius 3 is 2.60 bits per heavy atom. The maximum Gasteiger partial charge on any atom is 0.344 e. The normalized spacial score (nSPS) is 13.5. The summed E-state index contributed by atoms with van der Waals surface area (Å²) in [4.78, 5) is 24.1. The van der Waals surface area contributed by atoms with Gasteiger partial charge < -0.3 is 24.3 Å². The van der Waals surface area contributed by atoms with Crippen LogP contribution in [0.25, 0.3) is 0 Å². The molecule has 0 aliphatic heterocycles. The zero-order chi connectivity index (χ0) is 21.3. The molecule has 0 saturated heterocycles.